The van der Waals surface area contributed by atoms with Crippen molar-refractivity contribution in [3.63, 3.8) is 0 Å². The number of rotatable bonds is 5. The number of imidazole rings is 1. The van der Waals surface area contributed by atoms with Crippen molar-refractivity contribution in [3.05, 3.63) is 18.7 Å². The van der Waals surface area contributed by atoms with Crippen LogP contribution in [0.15, 0.2) is 18.7 Å². The third kappa shape index (κ3) is 2.93. The second kappa shape index (κ2) is 5.44. The van der Waals surface area contributed by atoms with Gasteiger partial charge in [-0.1, -0.05) is 20.3 Å². The van der Waals surface area contributed by atoms with Crippen molar-refractivity contribution < 1.29 is 0 Å². The van der Waals surface area contributed by atoms with E-state index >= 15 is 0 Å². The topological polar surface area (TPSA) is 94.5 Å². The SMILES string of the molecule is CCC(C)CNc1nc(N)nc(-n2ccnc2)n1. The summed E-state index contributed by atoms with van der Waals surface area (Å²) in [5.74, 6) is 1.71. The van der Waals surface area contributed by atoms with Crippen LogP contribution in [0.3, 0.4) is 0 Å². The van der Waals surface area contributed by atoms with Gasteiger partial charge in [0, 0.05) is 18.9 Å². The van der Waals surface area contributed by atoms with Crippen LogP contribution in [-0.2, 0) is 0 Å². The lowest BCUT2D eigenvalue weighted by molar-refractivity contribution is 0.591. The molecule has 0 aliphatic carbocycles. The van der Waals surface area contributed by atoms with Gasteiger partial charge < -0.3 is 11.1 Å². The lowest BCUT2D eigenvalue weighted by Crippen LogP contribution is -2.15. The molecule has 0 aromatic carbocycles. The average molecular weight is 247 g/mol. The molecule has 2 aromatic heterocycles. The third-order valence-corrected chi connectivity index (χ3v) is 2.68. The van der Waals surface area contributed by atoms with Gasteiger partial charge in [-0.2, -0.15) is 15.0 Å². The minimum atomic E-state index is 0.195. The van der Waals surface area contributed by atoms with Gasteiger partial charge >= 0.3 is 0 Å². The minimum absolute atomic E-state index is 0.195. The van der Waals surface area contributed by atoms with Crippen LogP contribution in [-0.4, -0.2) is 31.0 Å². The molecule has 2 heterocycles. The van der Waals surface area contributed by atoms with Crippen molar-refractivity contribution >= 4 is 11.9 Å². The second-order valence-corrected chi connectivity index (χ2v) is 4.18. The predicted octanol–water partition coefficient (Wildman–Crippen LogP) is 1.10. The Balaban J connectivity index is 2.17. The maximum absolute atomic E-state index is 5.67. The van der Waals surface area contributed by atoms with E-state index in [1.165, 1.54) is 0 Å². The molecule has 0 aliphatic rings. The molecule has 0 saturated heterocycles. The number of nitrogens with zero attached hydrogens (tertiary/aromatic N) is 5. The fourth-order valence-electron chi connectivity index (χ4n) is 1.36. The van der Waals surface area contributed by atoms with E-state index in [9.17, 15) is 0 Å². The highest BCUT2D eigenvalue weighted by molar-refractivity contribution is 5.35. The lowest BCUT2D eigenvalue weighted by Gasteiger charge is -2.10. The summed E-state index contributed by atoms with van der Waals surface area (Å²) in [5, 5.41) is 3.16. The maximum atomic E-state index is 5.67. The highest BCUT2D eigenvalue weighted by Crippen LogP contribution is 2.08. The van der Waals surface area contributed by atoms with Crippen LogP contribution in [0.4, 0.5) is 11.9 Å². The Hall–Kier alpha value is -2.18. The van der Waals surface area contributed by atoms with Crippen LogP contribution in [0.2, 0.25) is 0 Å². The van der Waals surface area contributed by atoms with Gasteiger partial charge in [0.05, 0.1) is 0 Å². The zero-order chi connectivity index (χ0) is 13.0. The second-order valence-electron chi connectivity index (χ2n) is 4.18. The first-order valence-corrected chi connectivity index (χ1v) is 5.92. The molecule has 7 nitrogen and oxygen atoms in total. The molecule has 96 valence electrons. The summed E-state index contributed by atoms with van der Waals surface area (Å²) in [6.45, 7) is 5.11. The van der Waals surface area contributed by atoms with Crippen molar-refractivity contribution in [1.29, 1.82) is 0 Å². The molecule has 7 heteroatoms. The largest absolute Gasteiger partial charge is 0.368 e. The van der Waals surface area contributed by atoms with Gasteiger partial charge in [-0.25, -0.2) is 4.98 Å². The third-order valence-electron chi connectivity index (χ3n) is 2.68. The molecule has 2 aromatic rings. The minimum Gasteiger partial charge on any atom is -0.368 e. The van der Waals surface area contributed by atoms with E-state index in [4.69, 9.17) is 5.73 Å². The Morgan fingerprint density at radius 2 is 2.22 bits per heavy atom. The Morgan fingerprint density at radius 1 is 1.39 bits per heavy atom. The first-order chi connectivity index (χ1) is 8.69. The summed E-state index contributed by atoms with van der Waals surface area (Å²) in [4.78, 5) is 16.4. The van der Waals surface area contributed by atoms with Crippen molar-refractivity contribution in [2.45, 2.75) is 20.3 Å². The van der Waals surface area contributed by atoms with E-state index in [0.717, 1.165) is 13.0 Å². The van der Waals surface area contributed by atoms with Crippen LogP contribution in [0, 0.1) is 5.92 Å². The monoisotopic (exact) mass is 247 g/mol. The van der Waals surface area contributed by atoms with Gasteiger partial charge in [-0.15, -0.1) is 0 Å². The standard InChI is InChI=1S/C11H17N7/c1-3-8(2)6-14-10-15-9(12)16-11(17-10)18-5-4-13-7-18/h4-5,7-8H,3,6H2,1-2H3,(H3,12,14,15,16,17). The summed E-state index contributed by atoms with van der Waals surface area (Å²) >= 11 is 0. The van der Waals surface area contributed by atoms with Crippen molar-refractivity contribution in [2.24, 2.45) is 5.92 Å². The zero-order valence-corrected chi connectivity index (χ0v) is 10.5. The number of hydrogen-bond acceptors (Lipinski definition) is 6. The van der Waals surface area contributed by atoms with Gasteiger partial charge in [0.15, 0.2) is 0 Å². The molecule has 0 radical (unpaired) electrons. The molecule has 3 N–H and O–H groups in total. The van der Waals surface area contributed by atoms with Crippen LogP contribution < -0.4 is 11.1 Å². The van der Waals surface area contributed by atoms with E-state index in [-0.39, 0.29) is 5.95 Å². The highest BCUT2D eigenvalue weighted by Gasteiger charge is 2.06. The smallest absolute Gasteiger partial charge is 0.241 e. The molecule has 0 saturated carbocycles. The molecule has 2 rings (SSSR count). The normalized spacial score (nSPS) is 12.3. The molecule has 0 fully saturated rings. The fourth-order valence-corrected chi connectivity index (χ4v) is 1.36. The Kier molecular flexibility index (Phi) is 3.71. The molecule has 1 atom stereocenters. The van der Waals surface area contributed by atoms with Crippen molar-refractivity contribution in [1.82, 2.24) is 24.5 Å². The van der Waals surface area contributed by atoms with Gasteiger partial charge in [0.2, 0.25) is 17.8 Å². The molecule has 0 amide bonds. The lowest BCUT2D eigenvalue weighted by atomic mass is 10.1. The Bertz CT molecular complexity index is 494. The number of nitrogens with two attached hydrogens (primary N) is 1. The van der Waals surface area contributed by atoms with E-state index in [2.05, 4.69) is 39.1 Å². The summed E-state index contributed by atoms with van der Waals surface area (Å²) in [7, 11) is 0. The van der Waals surface area contributed by atoms with Crippen LogP contribution in [0.1, 0.15) is 20.3 Å². The zero-order valence-electron chi connectivity index (χ0n) is 10.5. The summed E-state index contributed by atoms with van der Waals surface area (Å²) in [6.07, 6.45) is 6.13. The molecule has 18 heavy (non-hydrogen) atoms. The van der Waals surface area contributed by atoms with Crippen molar-refractivity contribution in [2.75, 3.05) is 17.6 Å². The average Bonchev–Trinajstić information content (AvgIpc) is 2.89. The summed E-state index contributed by atoms with van der Waals surface area (Å²) in [5.41, 5.74) is 5.67. The molecule has 0 bridgehead atoms. The number of aromatic nitrogens is 5. The Labute approximate surface area is 106 Å². The summed E-state index contributed by atoms with van der Waals surface area (Å²) in [6, 6.07) is 0. The van der Waals surface area contributed by atoms with Gasteiger partial charge in [0.1, 0.15) is 6.33 Å². The van der Waals surface area contributed by atoms with E-state index in [0.29, 0.717) is 17.8 Å². The van der Waals surface area contributed by atoms with Gasteiger partial charge in [0.25, 0.3) is 0 Å². The molecule has 1 unspecified atom stereocenters. The number of hydrogen-bond donors (Lipinski definition) is 2. The molecular formula is C11H17N7. The quantitative estimate of drug-likeness (QED) is 0.821. The molecule has 0 spiro atoms. The van der Waals surface area contributed by atoms with Crippen LogP contribution in [0.25, 0.3) is 5.95 Å². The van der Waals surface area contributed by atoms with Crippen molar-refractivity contribution in [3.8, 4) is 5.95 Å². The van der Waals surface area contributed by atoms with Gasteiger partial charge in [-0.3, -0.25) is 4.57 Å². The van der Waals surface area contributed by atoms with E-state index in [1.54, 1.807) is 23.3 Å². The van der Waals surface area contributed by atoms with Crippen LogP contribution in [0.5, 0.6) is 0 Å². The number of nitrogen functional groups attached to an aromatic ring is 1. The van der Waals surface area contributed by atoms with Gasteiger partial charge in [-0.05, 0) is 5.92 Å². The van der Waals surface area contributed by atoms with E-state index < -0.39 is 0 Å². The van der Waals surface area contributed by atoms with Crippen LogP contribution >= 0.6 is 0 Å². The maximum Gasteiger partial charge on any atom is 0.241 e. The van der Waals surface area contributed by atoms with E-state index in [1.807, 2.05) is 0 Å². The number of anilines is 2. The molecular weight excluding hydrogens is 230 g/mol. The Morgan fingerprint density at radius 3 is 2.89 bits per heavy atom. The summed E-state index contributed by atoms with van der Waals surface area (Å²) < 4.78 is 1.69. The highest BCUT2D eigenvalue weighted by atomic mass is 15.3. The predicted molar refractivity (Wildman–Crippen MR) is 69.3 cm³/mol. The first-order valence-electron chi connectivity index (χ1n) is 5.92. The fraction of sp³-hybridized carbons (Fsp3) is 0.455. The molecule has 0 aliphatic heterocycles. The number of nitrogens with one attached hydrogen (secondary N) is 1. The first kappa shape index (κ1) is 12.3.